The average Bonchev–Trinajstić information content (AvgIpc) is 2.28. The van der Waals surface area contributed by atoms with Crippen molar-refractivity contribution in [3.63, 3.8) is 0 Å². The predicted octanol–water partition coefficient (Wildman–Crippen LogP) is 1.15. The second kappa shape index (κ2) is 5.79. The van der Waals surface area contributed by atoms with Crippen LogP contribution in [0.4, 0.5) is 0 Å². The van der Waals surface area contributed by atoms with Crippen LogP contribution in [0.5, 0.6) is 0 Å². The lowest BCUT2D eigenvalue weighted by Gasteiger charge is -2.12. The van der Waals surface area contributed by atoms with E-state index in [1.54, 1.807) is 13.0 Å². The van der Waals surface area contributed by atoms with Gasteiger partial charge in [-0.1, -0.05) is 6.08 Å². The number of pyridine rings is 1. The van der Waals surface area contributed by atoms with Crippen LogP contribution in [0.2, 0.25) is 0 Å². The van der Waals surface area contributed by atoms with Crippen LogP contribution in [0, 0.1) is 6.92 Å². The van der Waals surface area contributed by atoms with Gasteiger partial charge in [0.25, 0.3) is 5.91 Å². The third kappa shape index (κ3) is 3.71. The van der Waals surface area contributed by atoms with E-state index in [-0.39, 0.29) is 6.42 Å². The van der Waals surface area contributed by atoms with E-state index in [0.717, 1.165) is 0 Å². The molecule has 1 amide bonds. The summed E-state index contributed by atoms with van der Waals surface area (Å²) in [6.45, 7) is 5.21. The molecule has 1 heterocycles. The zero-order valence-corrected chi connectivity index (χ0v) is 9.51. The molecule has 2 N–H and O–H groups in total. The number of carboxylic acid groups (broad SMARTS) is 1. The van der Waals surface area contributed by atoms with Crippen LogP contribution in [-0.2, 0) is 4.79 Å². The first-order valence-electron chi connectivity index (χ1n) is 5.12. The minimum absolute atomic E-state index is 0.186. The lowest BCUT2D eigenvalue weighted by Crippen LogP contribution is -2.40. The van der Waals surface area contributed by atoms with Gasteiger partial charge in [0, 0.05) is 17.5 Å². The summed E-state index contributed by atoms with van der Waals surface area (Å²) in [5.74, 6) is -1.51. The van der Waals surface area contributed by atoms with E-state index in [4.69, 9.17) is 5.11 Å². The van der Waals surface area contributed by atoms with Crippen LogP contribution in [0.15, 0.2) is 31.0 Å². The molecule has 1 aromatic heterocycles. The fourth-order valence-electron chi connectivity index (χ4n) is 1.32. The van der Waals surface area contributed by atoms with Gasteiger partial charge in [-0.2, -0.15) is 0 Å². The Morgan fingerprint density at radius 2 is 2.35 bits per heavy atom. The molecular formula is C12H14N2O3. The average molecular weight is 234 g/mol. The maximum Gasteiger partial charge on any atom is 0.326 e. The topological polar surface area (TPSA) is 79.3 Å². The number of aliphatic carboxylic acids is 1. The van der Waals surface area contributed by atoms with Gasteiger partial charge in [-0.15, -0.1) is 6.58 Å². The summed E-state index contributed by atoms with van der Waals surface area (Å²) >= 11 is 0. The van der Waals surface area contributed by atoms with Crippen LogP contribution < -0.4 is 5.32 Å². The zero-order chi connectivity index (χ0) is 12.8. The van der Waals surface area contributed by atoms with Crippen LogP contribution >= 0.6 is 0 Å². The number of aryl methyl sites for hydroxylation is 1. The third-order valence-corrected chi connectivity index (χ3v) is 2.16. The molecule has 1 atom stereocenters. The molecule has 0 bridgehead atoms. The monoisotopic (exact) mass is 234 g/mol. The zero-order valence-electron chi connectivity index (χ0n) is 9.51. The third-order valence-electron chi connectivity index (χ3n) is 2.16. The molecule has 1 unspecified atom stereocenters. The van der Waals surface area contributed by atoms with Crippen molar-refractivity contribution in [2.75, 3.05) is 0 Å². The Bertz CT molecular complexity index is 443. The van der Waals surface area contributed by atoms with Gasteiger partial charge in [0.1, 0.15) is 6.04 Å². The van der Waals surface area contributed by atoms with Crippen LogP contribution in [-0.4, -0.2) is 28.0 Å². The second-order valence-corrected chi connectivity index (χ2v) is 3.57. The minimum Gasteiger partial charge on any atom is -0.480 e. The molecule has 0 saturated heterocycles. The van der Waals surface area contributed by atoms with Gasteiger partial charge in [0.15, 0.2) is 0 Å². The Balaban J connectivity index is 2.77. The van der Waals surface area contributed by atoms with Crippen molar-refractivity contribution < 1.29 is 14.7 Å². The highest BCUT2D eigenvalue weighted by Gasteiger charge is 2.18. The quantitative estimate of drug-likeness (QED) is 0.749. The molecule has 17 heavy (non-hydrogen) atoms. The molecule has 0 aromatic carbocycles. The number of amides is 1. The first kappa shape index (κ1) is 12.9. The van der Waals surface area contributed by atoms with Crippen LogP contribution in [0.1, 0.15) is 22.5 Å². The minimum atomic E-state index is -1.08. The van der Waals surface area contributed by atoms with Crippen molar-refractivity contribution in [1.29, 1.82) is 0 Å². The summed E-state index contributed by atoms with van der Waals surface area (Å²) < 4.78 is 0. The van der Waals surface area contributed by atoms with E-state index < -0.39 is 17.9 Å². The predicted molar refractivity (Wildman–Crippen MR) is 62.7 cm³/mol. The fraction of sp³-hybridized carbons (Fsp3) is 0.250. The second-order valence-electron chi connectivity index (χ2n) is 3.57. The lowest BCUT2D eigenvalue weighted by atomic mass is 10.1. The molecule has 5 nitrogen and oxygen atoms in total. The summed E-state index contributed by atoms with van der Waals surface area (Å²) in [6, 6.07) is 2.19. The molecule has 0 aliphatic rings. The van der Waals surface area contributed by atoms with Gasteiger partial charge in [-0.05, 0) is 25.5 Å². The maximum atomic E-state index is 11.8. The van der Waals surface area contributed by atoms with Crippen molar-refractivity contribution in [1.82, 2.24) is 10.3 Å². The number of carbonyl (C=O) groups is 2. The van der Waals surface area contributed by atoms with E-state index >= 15 is 0 Å². The van der Waals surface area contributed by atoms with Gasteiger partial charge >= 0.3 is 5.97 Å². The number of hydrogen-bond acceptors (Lipinski definition) is 3. The Morgan fingerprint density at radius 1 is 1.65 bits per heavy atom. The standard InChI is InChI=1S/C12H14N2O3/c1-3-4-10(12(16)17)14-11(15)9-5-6-13-8(2)7-9/h3,5-7,10H,1,4H2,2H3,(H,14,15)(H,16,17). The molecular weight excluding hydrogens is 220 g/mol. The Morgan fingerprint density at radius 3 is 2.88 bits per heavy atom. The van der Waals surface area contributed by atoms with E-state index in [2.05, 4.69) is 16.9 Å². The van der Waals surface area contributed by atoms with Crippen LogP contribution in [0.3, 0.4) is 0 Å². The first-order valence-corrected chi connectivity index (χ1v) is 5.12. The van der Waals surface area contributed by atoms with Crippen molar-refractivity contribution in [3.8, 4) is 0 Å². The van der Waals surface area contributed by atoms with Gasteiger partial charge in [-0.25, -0.2) is 4.79 Å². The summed E-state index contributed by atoms with van der Waals surface area (Å²) in [5, 5.41) is 11.3. The largest absolute Gasteiger partial charge is 0.480 e. The number of carbonyl (C=O) groups excluding carboxylic acids is 1. The summed E-state index contributed by atoms with van der Waals surface area (Å²) in [4.78, 5) is 26.6. The maximum absolute atomic E-state index is 11.8. The van der Waals surface area contributed by atoms with E-state index in [1.807, 2.05) is 0 Å². The Kier molecular flexibility index (Phi) is 4.39. The van der Waals surface area contributed by atoms with Crippen molar-refractivity contribution >= 4 is 11.9 Å². The molecule has 1 rings (SSSR count). The molecule has 0 aliphatic heterocycles. The van der Waals surface area contributed by atoms with E-state index in [1.165, 1.54) is 18.3 Å². The first-order chi connectivity index (χ1) is 8.04. The van der Waals surface area contributed by atoms with Crippen molar-refractivity contribution in [2.45, 2.75) is 19.4 Å². The SMILES string of the molecule is C=CCC(NC(=O)c1ccnc(C)c1)C(=O)O. The van der Waals surface area contributed by atoms with Gasteiger partial charge in [0.2, 0.25) is 0 Å². The number of nitrogens with zero attached hydrogens (tertiary/aromatic N) is 1. The highest BCUT2D eigenvalue weighted by molar-refractivity contribution is 5.96. The fourth-order valence-corrected chi connectivity index (χ4v) is 1.32. The summed E-state index contributed by atoms with van der Waals surface area (Å²) in [6.07, 6.45) is 3.15. The molecule has 0 saturated carbocycles. The molecule has 0 spiro atoms. The van der Waals surface area contributed by atoms with Gasteiger partial charge in [-0.3, -0.25) is 9.78 Å². The molecule has 0 fully saturated rings. The highest BCUT2D eigenvalue weighted by Crippen LogP contribution is 2.02. The molecule has 0 aliphatic carbocycles. The Hall–Kier alpha value is -2.17. The molecule has 5 heteroatoms. The summed E-state index contributed by atoms with van der Waals surface area (Å²) in [5.41, 5.74) is 1.10. The van der Waals surface area contributed by atoms with Crippen molar-refractivity contribution in [3.05, 3.63) is 42.2 Å². The van der Waals surface area contributed by atoms with Gasteiger partial charge in [0.05, 0.1) is 0 Å². The smallest absolute Gasteiger partial charge is 0.326 e. The number of rotatable bonds is 5. The van der Waals surface area contributed by atoms with Crippen LogP contribution in [0.25, 0.3) is 0 Å². The molecule has 90 valence electrons. The molecule has 0 radical (unpaired) electrons. The number of aromatic nitrogens is 1. The lowest BCUT2D eigenvalue weighted by molar-refractivity contribution is -0.139. The normalized spacial score (nSPS) is 11.6. The Labute approximate surface area is 99.2 Å². The number of nitrogens with one attached hydrogen (secondary N) is 1. The van der Waals surface area contributed by atoms with Crippen molar-refractivity contribution in [2.24, 2.45) is 0 Å². The molecule has 1 aromatic rings. The highest BCUT2D eigenvalue weighted by atomic mass is 16.4. The number of hydrogen-bond donors (Lipinski definition) is 2. The number of carboxylic acids is 1. The summed E-state index contributed by atoms with van der Waals surface area (Å²) in [7, 11) is 0. The van der Waals surface area contributed by atoms with E-state index in [0.29, 0.717) is 11.3 Å². The van der Waals surface area contributed by atoms with E-state index in [9.17, 15) is 9.59 Å². The van der Waals surface area contributed by atoms with Gasteiger partial charge < -0.3 is 10.4 Å².